The number of carbonyl (C=O) groups excluding carboxylic acids is 1. The van der Waals surface area contributed by atoms with Crippen LogP contribution in [-0.4, -0.2) is 34.7 Å². The first-order valence-corrected chi connectivity index (χ1v) is 9.14. The SMILES string of the molecule is Cc1ccc(-n2ncc(C3=NCCO3)c2NC(=O)c2cccc(C(F)(F)F)c2)cc1. The molecule has 0 saturated heterocycles. The van der Waals surface area contributed by atoms with E-state index in [0.717, 1.165) is 17.7 Å². The quantitative estimate of drug-likeness (QED) is 0.695. The Labute approximate surface area is 170 Å². The normalized spacial score (nSPS) is 13.7. The minimum Gasteiger partial charge on any atom is -0.475 e. The van der Waals surface area contributed by atoms with E-state index in [1.54, 1.807) is 0 Å². The molecule has 3 aromatic rings. The maximum atomic E-state index is 13.0. The summed E-state index contributed by atoms with van der Waals surface area (Å²) in [6.07, 6.45) is -3.04. The van der Waals surface area contributed by atoms with Crippen LogP contribution in [0.1, 0.15) is 27.0 Å². The highest BCUT2D eigenvalue weighted by atomic mass is 19.4. The number of hydrogen-bond donors (Lipinski definition) is 1. The molecule has 0 atom stereocenters. The highest BCUT2D eigenvalue weighted by Crippen LogP contribution is 2.30. The van der Waals surface area contributed by atoms with E-state index in [1.807, 2.05) is 31.2 Å². The molecule has 6 nitrogen and oxygen atoms in total. The molecule has 2 aromatic carbocycles. The molecule has 1 aliphatic heterocycles. The van der Waals surface area contributed by atoms with Gasteiger partial charge in [-0.05, 0) is 37.3 Å². The summed E-state index contributed by atoms with van der Waals surface area (Å²) in [5, 5.41) is 7.00. The van der Waals surface area contributed by atoms with Crippen LogP contribution in [0, 0.1) is 6.92 Å². The molecule has 0 spiro atoms. The number of rotatable bonds is 4. The van der Waals surface area contributed by atoms with Crippen molar-refractivity contribution in [3.63, 3.8) is 0 Å². The number of halogens is 3. The Hall–Kier alpha value is -3.62. The van der Waals surface area contributed by atoms with Gasteiger partial charge in [-0.25, -0.2) is 9.67 Å². The van der Waals surface area contributed by atoms with Crippen molar-refractivity contribution >= 4 is 17.6 Å². The van der Waals surface area contributed by atoms with Crippen molar-refractivity contribution in [1.82, 2.24) is 9.78 Å². The molecule has 0 radical (unpaired) electrons. The second-order valence-corrected chi connectivity index (χ2v) is 6.72. The van der Waals surface area contributed by atoms with Crippen LogP contribution < -0.4 is 5.32 Å². The molecule has 1 aliphatic rings. The molecule has 0 saturated carbocycles. The number of ether oxygens (including phenoxy) is 1. The molecule has 30 heavy (non-hydrogen) atoms. The zero-order valence-electron chi connectivity index (χ0n) is 15.9. The Kier molecular flexibility index (Phi) is 5.03. The van der Waals surface area contributed by atoms with Crippen LogP contribution >= 0.6 is 0 Å². The number of hydrogen-bond acceptors (Lipinski definition) is 4. The van der Waals surface area contributed by atoms with Crippen LogP contribution in [0.15, 0.2) is 59.7 Å². The van der Waals surface area contributed by atoms with Crippen molar-refractivity contribution in [2.24, 2.45) is 4.99 Å². The van der Waals surface area contributed by atoms with E-state index < -0.39 is 17.6 Å². The first-order chi connectivity index (χ1) is 14.3. The smallest absolute Gasteiger partial charge is 0.416 e. The van der Waals surface area contributed by atoms with Crippen LogP contribution in [0.2, 0.25) is 0 Å². The number of benzene rings is 2. The Morgan fingerprint density at radius 3 is 2.60 bits per heavy atom. The van der Waals surface area contributed by atoms with E-state index in [2.05, 4.69) is 15.4 Å². The molecule has 9 heteroatoms. The molecule has 2 heterocycles. The Balaban J connectivity index is 1.73. The van der Waals surface area contributed by atoms with Gasteiger partial charge in [0.1, 0.15) is 12.4 Å². The minimum atomic E-state index is -4.54. The third-order valence-corrected chi connectivity index (χ3v) is 4.55. The summed E-state index contributed by atoms with van der Waals surface area (Å²) in [4.78, 5) is 17.1. The molecule has 1 amide bonds. The third-order valence-electron chi connectivity index (χ3n) is 4.55. The fourth-order valence-corrected chi connectivity index (χ4v) is 3.02. The molecule has 0 fully saturated rings. The van der Waals surface area contributed by atoms with E-state index in [1.165, 1.54) is 23.0 Å². The number of amides is 1. The van der Waals surface area contributed by atoms with Crippen molar-refractivity contribution in [3.05, 3.63) is 77.0 Å². The lowest BCUT2D eigenvalue weighted by atomic mass is 10.1. The van der Waals surface area contributed by atoms with Crippen LogP contribution in [0.25, 0.3) is 5.69 Å². The van der Waals surface area contributed by atoms with Crippen molar-refractivity contribution < 1.29 is 22.7 Å². The van der Waals surface area contributed by atoms with Gasteiger partial charge in [0.05, 0.1) is 29.6 Å². The highest BCUT2D eigenvalue weighted by Gasteiger charge is 2.31. The second kappa shape index (κ2) is 7.66. The monoisotopic (exact) mass is 414 g/mol. The topological polar surface area (TPSA) is 68.5 Å². The predicted molar refractivity (Wildman–Crippen MR) is 105 cm³/mol. The summed E-state index contributed by atoms with van der Waals surface area (Å²) in [5.41, 5.74) is 1.15. The first kappa shape index (κ1) is 19.7. The van der Waals surface area contributed by atoms with Crippen molar-refractivity contribution in [1.29, 1.82) is 0 Å². The van der Waals surface area contributed by atoms with Crippen molar-refractivity contribution in [3.8, 4) is 5.69 Å². The molecule has 1 N–H and O–H groups in total. The van der Waals surface area contributed by atoms with Gasteiger partial charge in [0.2, 0.25) is 5.90 Å². The van der Waals surface area contributed by atoms with Gasteiger partial charge < -0.3 is 10.1 Å². The van der Waals surface area contributed by atoms with E-state index in [9.17, 15) is 18.0 Å². The zero-order chi connectivity index (χ0) is 21.3. The summed E-state index contributed by atoms with van der Waals surface area (Å²) in [6.45, 7) is 2.83. The van der Waals surface area contributed by atoms with Gasteiger partial charge in [0.25, 0.3) is 5.91 Å². The number of carbonyl (C=O) groups is 1. The third kappa shape index (κ3) is 3.91. The summed E-state index contributed by atoms with van der Waals surface area (Å²) in [7, 11) is 0. The van der Waals surface area contributed by atoms with E-state index in [0.29, 0.717) is 30.3 Å². The van der Waals surface area contributed by atoms with E-state index in [-0.39, 0.29) is 11.4 Å². The van der Waals surface area contributed by atoms with E-state index in [4.69, 9.17) is 4.74 Å². The molecule has 1 aromatic heterocycles. The van der Waals surface area contributed by atoms with Gasteiger partial charge in [-0.3, -0.25) is 4.79 Å². The summed E-state index contributed by atoms with van der Waals surface area (Å²) in [6, 6.07) is 11.7. The molecule has 0 bridgehead atoms. The molecule has 154 valence electrons. The maximum Gasteiger partial charge on any atom is 0.416 e. The fourth-order valence-electron chi connectivity index (χ4n) is 3.02. The molecular weight excluding hydrogens is 397 g/mol. The first-order valence-electron chi connectivity index (χ1n) is 9.14. The lowest BCUT2D eigenvalue weighted by Crippen LogP contribution is -2.18. The fraction of sp³-hybridized carbons (Fsp3) is 0.190. The summed E-state index contributed by atoms with van der Waals surface area (Å²) >= 11 is 0. The predicted octanol–water partition coefficient (Wildman–Crippen LogP) is 4.23. The minimum absolute atomic E-state index is 0.123. The largest absolute Gasteiger partial charge is 0.475 e. The van der Waals surface area contributed by atoms with Gasteiger partial charge in [-0.2, -0.15) is 18.3 Å². The number of nitrogens with one attached hydrogen (secondary N) is 1. The number of aromatic nitrogens is 2. The number of alkyl halides is 3. The Morgan fingerprint density at radius 1 is 1.17 bits per heavy atom. The molecule has 0 aliphatic carbocycles. The summed E-state index contributed by atoms with van der Waals surface area (Å²) < 4.78 is 46.0. The highest BCUT2D eigenvalue weighted by molar-refractivity contribution is 6.08. The standard InChI is InChI=1S/C21H17F3N4O2/c1-13-5-7-16(8-6-13)28-18(17(12-26-28)20-25-9-10-30-20)27-19(29)14-3-2-4-15(11-14)21(22,23)24/h2-8,11-12H,9-10H2,1H3,(H,27,29). The van der Waals surface area contributed by atoms with Gasteiger partial charge in [-0.1, -0.05) is 23.8 Å². The van der Waals surface area contributed by atoms with Crippen LogP contribution in [0.3, 0.4) is 0 Å². The van der Waals surface area contributed by atoms with Crippen molar-refractivity contribution in [2.75, 3.05) is 18.5 Å². The van der Waals surface area contributed by atoms with Gasteiger partial charge in [-0.15, -0.1) is 0 Å². The van der Waals surface area contributed by atoms with Gasteiger partial charge in [0.15, 0.2) is 0 Å². The Bertz CT molecular complexity index is 1120. The Morgan fingerprint density at radius 2 is 1.93 bits per heavy atom. The van der Waals surface area contributed by atoms with Gasteiger partial charge >= 0.3 is 6.18 Å². The number of anilines is 1. The molecule has 0 unspecified atom stereocenters. The van der Waals surface area contributed by atoms with Crippen molar-refractivity contribution in [2.45, 2.75) is 13.1 Å². The molecule has 4 rings (SSSR count). The number of nitrogens with zero attached hydrogens (tertiary/aromatic N) is 3. The maximum absolute atomic E-state index is 13.0. The lowest BCUT2D eigenvalue weighted by molar-refractivity contribution is -0.137. The second-order valence-electron chi connectivity index (χ2n) is 6.72. The zero-order valence-corrected chi connectivity index (χ0v) is 15.9. The summed E-state index contributed by atoms with van der Waals surface area (Å²) in [5.74, 6) is -0.107. The van der Waals surface area contributed by atoms with Crippen LogP contribution in [0.5, 0.6) is 0 Å². The average molecular weight is 414 g/mol. The van der Waals surface area contributed by atoms with E-state index >= 15 is 0 Å². The number of aryl methyl sites for hydroxylation is 1. The molecular formula is C21H17F3N4O2. The van der Waals surface area contributed by atoms with Gasteiger partial charge in [0, 0.05) is 5.56 Å². The average Bonchev–Trinajstić information content (AvgIpc) is 3.38. The number of aliphatic imine (C=N–C) groups is 1. The lowest BCUT2D eigenvalue weighted by Gasteiger charge is -2.13. The van der Waals surface area contributed by atoms with Crippen LogP contribution in [-0.2, 0) is 10.9 Å². The van der Waals surface area contributed by atoms with Crippen LogP contribution in [0.4, 0.5) is 19.0 Å².